The number of benzene rings is 2. The lowest BCUT2D eigenvalue weighted by Crippen LogP contribution is -2.04. The first kappa shape index (κ1) is 13.7. The van der Waals surface area contributed by atoms with Crippen molar-refractivity contribution in [2.24, 2.45) is 0 Å². The molecule has 0 aliphatic heterocycles. The van der Waals surface area contributed by atoms with E-state index >= 15 is 0 Å². The Hall–Kier alpha value is -2.76. The Kier molecular flexibility index (Phi) is 3.74. The second-order valence-electron chi connectivity index (χ2n) is 4.08. The molecule has 0 atom stereocenters. The van der Waals surface area contributed by atoms with Gasteiger partial charge in [0, 0.05) is 11.8 Å². The maximum absolute atomic E-state index is 13.7. The molecule has 0 unspecified atom stereocenters. The van der Waals surface area contributed by atoms with Gasteiger partial charge >= 0.3 is 5.97 Å². The van der Waals surface area contributed by atoms with Gasteiger partial charge in [-0.3, -0.25) is 0 Å². The average Bonchev–Trinajstić information content (AvgIpc) is 2.41. The molecule has 0 saturated carbocycles. The van der Waals surface area contributed by atoms with Crippen LogP contribution in [0, 0.1) is 5.82 Å². The van der Waals surface area contributed by atoms with E-state index in [0.29, 0.717) is 11.4 Å². The number of aromatic carboxylic acids is 1. The van der Waals surface area contributed by atoms with E-state index in [1.54, 1.807) is 0 Å². The number of hydrogen-bond donors (Lipinski definition) is 3. The molecule has 0 saturated heterocycles. The number of anilines is 3. The molecule has 2 aromatic carbocycles. The van der Waals surface area contributed by atoms with Crippen LogP contribution in [0.15, 0.2) is 36.4 Å². The lowest BCUT2D eigenvalue weighted by molar-refractivity contribution is 0.0698. The van der Waals surface area contributed by atoms with Gasteiger partial charge in [-0.25, -0.2) is 9.18 Å². The Morgan fingerprint density at radius 3 is 2.65 bits per heavy atom. The van der Waals surface area contributed by atoms with Gasteiger partial charge in [-0.15, -0.1) is 0 Å². The van der Waals surface area contributed by atoms with Gasteiger partial charge in [0.2, 0.25) is 0 Å². The number of nitrogens with two attached hydrogens (primary N) is 1. The quantitative estimate of drug-likeness (QED) is 0.748. The highest BCUT2D eigenvalue weighted by molar-refractivity contribution is 5.96. The normalized spacial score (nSPS) is 10.1. The summed E-state index contributed by atoms with van der Waals surface area (Å²) in [6.07, 6.45) is 0. The van der Waals surface area contributed by atoms with Crippen LogP contribution in [0.3, 0.4) is 0 Å². The summed E-state index contributed by atoms with van der Waals surface area (Å²) in [7, 11) is 1.46. The number of carboxylic acid groups (broad SMARTS) is 1. The summed E-state index contributed by atoms with van der Waals surface area (Å²) in [5, 5.41) is 11.8. The first-order valence-electron chi connectivity index (χ1n) is 5.74. The smallest absolute Gasteiger partial charge is 0.337 e. The van der Waals surface area contributed by atoms with Crippen molar-refractivity contribution >= 4 is 23.0 Å². The third-order valence-electron chi connectivity index (χ3n) is 2.72. The van der Waals surface area contributed by atoms with E-state index in [4.69, 9.17) is 15.6 Å². The summed E-state index contributed by atoms with van der Waals surface area (Å²) < 4.78 is 18.7. The van der Waals surface area contributed by atoms with E-state index in [-0.39, 0.29) is 16.9 Å². The average molecular weight is 276 g/mol. The zero-order chi connectivity index (χ0) is 14.7. The predicted octanol–water partition coefficient (Wildman–Crippen LogP) is 2.86. The largest absolute Gasteiger partial charge is 0.497 e. The number of rotatable bonds is 4. The van der Waals surface area contributed by atoms with Gasteiger partial charge in [-0.1, -0.05) is 0 Å². The molecule has 2 aromatic rings. The second kappa shape index (κ2) is 5.48. The van der Waals surface area contributed by atoms with Crippen molar-refractivity contribution in [2.45, 2.75) is 0 Å². The molecule has 104 valence electrons. The molecular formula is C14H13FN2O3. The zero-order valence-electron chi connectivity index (χ0n) is 10.7. The van der Waals surface area contributed by atoms with Crippen LogP contribution in [-0.4, -0.2) is 18.2 Å². The number of ether oxygens (including phenoxy) is 1. The number of nitrogen functional groups attached to an aromatic ring is 1. The predicted molar refractivity (Wildman–Crippen MR) is 74.0 cm³/mol. The molecule has 0 bridgehead atoms. The topological polar surface area (TPSA) is 84.6 Å². The first-order chi connectivity index (χ1) is 9.51. The molecule has 0 spiro atoms. The molecule has 5 nitrogen and oxygen atoms in total. The molecule has 0 radical (unpaired) electrons. The number of hydrogen-bond acceptors (Lipinski definition) is 4. The van der Waals surface area contributed by atoms with Gasteiger partial charge in [0.25, 0.3) is 0 Å². The van der Waals surface area contributed by atoms with E-state index in [9.17, 15) is 9.18 Å². The molecule has 0 fully saturated rings. The van der Waals surface area contributed by atoms with Crippen LogP contribution >= 0.6 is 0 Å². The van der Waals surface area contributed by atoms with Crippen LogP contribution in [0.1, 0.15) is 10.4 Å². The van der Waals surface area contributed by atoms with Gasteiger partial charge < -0.3 is 20.9 Å². The third kappa shape index (κ3) is 2.80. The van der Waals surface area contributed by atoms with Crippen molar-refractivity contribution in [3.05, 3.63) is 47.8 Å². The van der Waals surface area contributed by atoms with Crippen molar-refractivity contribution in [3.63, 3.8) is 0 Å². The molecule has 0 aromatic heterocycles. The molecule has 0 heterocycles. The highest BCUT2D eigenvalue weighted by atomic mass is 19.1. The summed E-state index contributed by atoms with van der Waals surface area (Å²) in [5.41, 5.74) is 6.32. The fourth-order valence-corrected chi connectivity index (χ4v) is 1.72. The third-order valence-corrected chi connectivity index (χ3v) is 2.72. The minimum Gasteiger partial charge on any atom is -0.497 e. The Bertz CT molecular complexity index is 659. The molecule has 6 heteroatoms. The molecule has 0 aliphatic carbocycles. The van der Waals surface area contributed by atoms with E-state index in [2.05, 4.69) is 5.32 Å². The van der Waals surface area contributed by atoms with Crippen LogP contribution in [0.25, 0.3) is 0 Å². The number of halogens is 1. The first-order valence-corrected chi connectivity index (χ1v) is 5.74. The van der Waals surface area contributed by atoms with E-state index in [1.807, 2.05) is 0 Å². The molecular weight excluding hydrogens is 263 g/mol. The summed E-state index contributed by atoms with van der Waals surface area (Å²) in [6, 6.07) is 8.40. The van der Waals surface area contributed by atoms with Crippen molar-refractivity contribution in [1.82, 2.24) is 0 Å². The van der Waals surface area contributed by atoms with Gasteiger partial charge in [0.1, 0.15) is 11.6 Å². The lowest BCUT2D eigenvalue weighted by Gasteiger charge is -2.12. The van der Waals surface area contributed by atoms with Gasteiger partial charge in [0.05, 0.1) is 24.0 Å². The highest BCUT2D eigenvalue weighted by Gasteiger charge is 2.12. The molecule has 0 aliphatic rings. The summed E-state index contributed by atoms with van der Waals surface area (Å²) in [4.78, 5) is 11.1. The van der Waals surface area contributed by atoms with Crippen molar-refractivity contribution in [3.8, 4) is 5.75 Å². The SMILES string of the molecule is COc1ccc(F)c(Nc2cc(N)ccc2C(=O)O)c1. The van der Waals surface area contributed by atoms with Crippen LogP contribution in [-0.2, 0) is 0 Å². The maximum atomic E-state index is 13.7. The van der Waals surface area contributed by atoms with E-state index in [0.717, 1.165) is 0 Å². The highest BCUT2D eigenvalue weighted by Crippen LogP contribution is 2.28. The molecule has 20 heavy (non-hydrogen) atoms. The molecule has 4 N–H and O–H groups in total. The van der Waals surface area contributed by atoms with Crippen LogP contribution < -0.4 is 15.8 Å². The molecule has 0 amide bonds. The Morgan fingerprint density at radius 2 is 2.00 bits per heavy atom. The van der Waals surface area contributed by atoms with Crippen molar-refractivity contribution < 1.29 is 19.0 Å². The Morgan fingerprint density at radius 1 is 1.25 bits per heavy atom. The second-order valence-corrected chi connectivity index (χ2v) is 4.08. The number of carboxylic acids is 1. The van der Waals surface area contributed by atoms with Gasteiger partial charge in [0.15, 0.2) is 0 Å². The van der Waals surface area contributed by atoms with Gasteiger partial charge in [-0.05, 0) is 30.3 Å². The maximum Gasteiger partial charge on any atom is 0.337 e. The van der Waals surface area contributed by atoms with Crippen LogP contribution in [0.4, 0.5) is 21.5 Å². The van der Waals surface area contributed by atoms with E-state index < -0.39 is 11.8 Å². The monoisotopic (exact) mass is 276 g/mol. The van der Waals surface area contributed by atoms with Crippen LogP contribution in [0.2, 0.25) is 0 Å². The van der Waals surface area contributed by atoms with Crippen LogP contribution in [0.5, 0.6) is 5.75 Å². The Labute approximate surface area is 114 Å². The summed E-state index contributed by atoms with van der Waals surface area (Å²) in [5.74, 6) is -1.20. The number of methoxy groups -OCH3 is 1. The summed E-state index contributed by atoms with van der Waals surface area (Å²) in [6.45, 7) is 0. The fraction of sp³-hybridized carbons (Fsp3) is 0.0714. The number of carbonyl (C=O) groups is 1. The minimum atomic E-state index is -1.13. The van der Waals surface area contributed by atoms with Crippen molar-refractivity contribution in [1.29, 1.82) is 0 Å². The minimum absolute atomic E-state index is 0.00131. The lowest BCUT2D eigenvalue weighted by atomic mass is 10.1. The van der Waals surface area contributed by atoms with E-state index in [1.165, 1.54) is 43.5 Å². The standard InChI is InChI=1S/C14H13FN2O3/c1-20-9-3-5-11(15)13(7-9)17-12-6-8(16)2-4-10(12)14(18)19/h2-7,17H,16H2,1H3,(H,18,19). The summed E-state index contributed by atoms with van der Waals surface area (Å²) >= 11 is 0. The zero-order valence-corrected chi connectivity index (χ0v) is 10.7. The fourth-order valence-electron chi connectivity index (χ4n) is 1.72. The van der Waals surface area contributed by atoms with Gasteiger partial charge in [-0.2, -0.15) is 0 Å². The van der Waals surface area contributed by atoms with Crippen molar-refractivity contribution in [2.75, 3.05) is 18.2 Å². The molecule has 2 rings (SSSR count). The Balaban J connectivity index is 2.43. The number of nitrogens with one attached hydrogen (secondary N) is 1.